The Morgan fingerprint density at radius 1 is 1.27 bits per heavy atom. The number of rotatable bonds is 1. The zero-order valence-corrected chi connectivity index (χ0v) is 8.53. The van der Waals surface area contributed by atoms with Crippen molar-refractivity contribution in [1.29, 1.82) is 0 Å². The third kappa shape index (κ3) is 4.40. The third-order valence-electron chi connectivity index (χ3n) is 2.68. The minimum absolute atomic E-state index is 0.138. The number of urea groups is 1. The molecule has 0 aromatic heterocycles. The van der Waals surface area contributed by atoms with Crippen LogP contribution in [0, 0.1) is 5.92 Å². The predicted molar refractivity (Wildman–Crippen MR) is 49.1 cm³/mol. The smallest absolute Gasteiger partial charge is 0.335 e. The van der Waals surface area contributed by atoms with Crippen LogP contribution < -0.4 is 10.6 Å². The monoisotopic (exact) mass is 224 g/mol. The lowest BCUT2D eigenvalue weighted by Crippen LogP contribution is -2.50. The van der Waals surface area contributed by atoms with Crippen LogP contribution in [0.4, 0.5) is 18.0 Å². The number of hydrogen-bond donors (Lipinski definition) is 2. The maximum absolute atomic E-state index is 11.8. The molecule has 6 heteroatoms. The van der Waals surface area contributed by atoms with Crippen LogP contribution >= 0.6 is 0 Å². The van der Waals surface area contributed by atoms with E-state index in [9.17, 15) is 18.0 Å². The molecule has 88 valence electrons. The molecule has 1 aliphatic carbocycles. The van der Waals surface area contributed by atoms with Crippen LogP contribution in [-0.2, 0) is 0 Å². The Hall–Kier alpha value is -0.940. The maximum Gasteiger partial charge on any atom is 0.485 e. The fourth-order valence-corrected chi connectivity index (χ4v) is 1.86. The van der Waals surface area contributed by atoms with Gasteiger partial charge >= 0.3 is 12.3 Å². The van der Waals surface area contributed by atoms with E-state index in [2.05, 4.69) is 5.32 Å². The molecule has 0 aromatic carbocycles. The fraction of sp³-hybridized carbons (Fsp3) is 0.889. The van der Waals surface area contributed by atoms with E-state index in [4.69, 9.17) is 0 Å². The Kier molecular flexibility index (Phi) is 3.82. The molecule has 1 saturated carbocycles. The minimum Gasteiger partial charge on any atom is -0.335 e. The molecule has 2 atom stereocenters. The molecule has 1 aliphatic rings. The Morgan fingerprint density at radius 2 is 1.87 bits per heavy atom. The average molecular weight is 224 g/mol. The fourth-order valence-electron chi connectivity index (χ4n) is 1.86. The van der Waals surface area contributed by atoms with Gasteiger partial charge in [0, 0.05) is 6.04 Å². The lowest BCUT2D eigenvalue weighted by molar-refractivity contribution is -0.145. The minimum atomic E-state index is -4.65. The predicted octanol–water partition coefficient (Wildman–Crippen LogP) is 2.38. The van der Waals surface area contributed by atoms with Crippen molar-refractivity contribution in [3.63, 3.8) is 0 Å². The Bertz CT molecular complexity index is 230. The standard InChI is InChI=1S/C9H15F3N2O/c1-6-4-2-3-5-7(6)13-8(15)14-9(10,11)12/h6-7H,2-5H2,1H3,(H2,13,14,15). The van der Waals surface area contributed by atoms with Crippen LogP contribution in [0.15, 0.2) is 0 Å². The first kappa shape index (κ1) is 12.1. The van der Waals surface area contributed by atoms with Crippen molar-refractivity contribution in [2.75, 3.05) is 0 Å². The van der Waals surface area contributed by atoms with Crippen LogP contribution in [0.2, 0.25) is 0 Å². The second-order valence-electron chi connectivity index (χ2n) is 3.96. The SMILES string of the molecule is CC1CCCCC1NC(=O)NC(F)(F)F. The largest absolute Gasteiger partial charge is 0.485 e. The summed E-state index contributed by atoms with van der Waals surface area (Å²) in [5.41, 5.74) is 0. The summed E-state index contributed by atoms with van der Waals surface area (Å²) in [6.07, 6.45) is -0.896. The molecule has 15 heavy (non-hydrogen) atoms. The summed E-state index contributed by atoms with van der Waals surface area (Å²) in [4.78, 5) is 10.9. The summed E-state index contributed by atoms with van der Waals surface area (Å²) < 4.78 is 35.4. The lowest BCUT2D eigenvalue weighted by Gasteiger charge is -2.29. The topological polar surface area (TPSA) is 41.1 Å². The van der Waals surface area contributed by atoms with E-state index in [-0.39, 0.29) is 12.0 Å². The molecule has 0 aliphatic heterocycles. The van der Waals surface area contributed by atoms with Crippen LogP contribution in [-0.4, -0.2) is 18.4 Å². The summed E-state index contributed by atoms with van der Waals surface area (Å²) in [5.74, 6) is 0.248. The molecule has 0 radical (unpaired) electrons. The summed E-state index contributed by atoms with van der Waals surface area (Å²) in [6.45, 7) is 1.94. The molecule has 1 rings (SSSR count). The number of alkyl halides is 3. The van der Waals surface area contributed by atoms with Gasteiger partial charge in [-0.2, -0.15) is 13.2 Å². The molecule has 0 aromatic rings. The van der Waals surface area contributed by atoms with Gasteiger partial charge in [0.15, 0.2) is 0 Å². The van der Waals surface area contributed by atoms with Crippen molar-refractivity contribution in [2.45, 2.75) is 44.9 Å². The number of carbonyl (C=O) groups excluding carboxylic acids is 1. The highest BCUT2D eigenvalue weighted by Gasteiger charge is 2.31. The highest BCUT2D eigenvalue weighted by atomic mass is 19.4. The van der Waals surface area contributed by atoms with Crippen LogP contribution in [0.3, 0.4) is 0 Å². The molecule has 0 saturated heterocycles. The van der Waals surface area contributed by atoms with E-state index in [0.717, 1.165) is 31.0 Å². The van der Waals surface area contributed by atoms with Gasteiger partial charge in [0.1, 0.15) is 0 Å². The normalized spacial score (nSPS) is 27.2. The Labute approximate surface area is 86.4 Å². The number of carbonyl (C=O) groups is 1. The first-order valence-electron chi connectivity index (χ1n) is 5.04. The second kappa shape index (κ2) is 4.72. The highest BCUT2D eigenvalue weighted by molar-refractivity contribution is 5.74. The molecule has 0 bridgehead atoms. The zero-order valence-electron chi connectivity index (χ0n) is 8.53. The molecular formula is C9H15F3N2O. The first-order valence-corrected chi connectivity index (χ1v) is 5.04. The number of halogens is 3. The van der Waals surface area contributed by atoms with Crippen LogP contribution in [0.1, 0.15) is 32.6 Å². The Morgan fingerprint density at radius 3 is 2.40 bits per heavy atom. The van der Waals surface area contributed by atoms with E-state index in [0.29, 0.717) is 0 Å². The quantitative estimate of drug-likeness (QED) is 0.660. The Balaban J connectivity index is 2.36. The molecule has 2 N–H and O–H groups in total. The van der Waals surface area contributed by atoms with Crippen molar-refractivity contribution in [3.8, 4) is 0 Å². The second-order valence-corrected chi connectivity index (χ2v) is 3.96. The van der Waals surface area contributed by atoms with Crippen molar-refractivity contribution < 1.29 is 18.0 Å². The molecular weight excluding hydrogens is 209 g/mol. The van der Waals surface area contributed by atoms with E-state index in [1.165, 1.54) is 0 Å². The van der Waals surface area contributed by atoms with Crippen LogP contribution in [0.5, 0.6) is 0 Å². The van der Waals surface area contributed by atoms with Crippen molar-refractivity contribution in [2.24, 2.45) is 5.92 Å². The zero-order chi connectivity index (χ0) is 11.5. The van der Waals surface area contributed by atoms with Crippen molar-refractivity contribution in [1.82, 2.24) is 10.6 Å². The van der Waals surface area contributed by atoms with Crippen molar-refractivity contribution >= 4 is 6.03 Å². The summed E-state index contributed by atoms with van der Waals surface area (Å²) >= 11 is 0. The molecule has 3 nitrogen and oxygen atoms in total. The summed E-state index contributed by atoms with van der Waals surface area (Å²) in [6, 6.07) is -1.29. The van der Waals surface area contributed by atoms with Crippen LogP contribution in [0.25, 0.3) is 0 Å². The van der Waals surface area contributed by atoms with E-state index >= 15 is 0 Å². The van der Waals surface area contributed by atoms with Gasteiger partial charge in [-0.15, -0.1) is 0 Å². The first-order chi connectivity index (χ1) is 6.88. The van der Waals surface area contributed by atoms with Gasteiger partial charge in [0.05, 0.1) is 0 Å². The summed E-state index contributed by atoms with van der Waals surface area (Å²) in [7, 11) is 0. The van der Waals surface area contributed by atoms with Gasteiger partial charge in [-0.3, -0.25) is 0 Å². The maximum atomic E-state index is 11.8. The lowest BCUT2D eigenvalue weighted by atomic mass is 9.86. The average Bonchev–Trinajstić information content (AvgIpc) is 2.05. The van der Waals surface area contributed by atoms with Gasteiger partial charge in [-0.05, 0) is 18.8 Å². The van der Waals surface area contributed by atoms with Gasteiger partial charge in [0.2, 0.25) is 0 Å². The molecule has 0 heterocycles. The highest BCUT2D eigenvalue weighted by Crippen LogP contribution is 2.23. The number of nitrogens with one attached hydrogen (secondary N) is 2. The van der Waals surface area contributed by atoms with Gasteiger partial charge in [-0.25, -0.2) is 10.1 Å². The number of hydrogen-bond acceptors (Lipinski definition) is 1. The van der Waals surface area contributed by atoms with E-state index < -0.39 is 12.3 Å². The van der Waals surface area contributed by atoms with Crippen molar-refractivity contribution in [3.05, 3.63) is 0 Å². The van der Waals surface area contributed by atoms with E-state index in [1.54, 1.807) is 0 Å². The molecule has 0 spiro atoms. The number of amides is 2. The van der Waals surface area contributed by atoms with Gasteiger partial charge in [0.25, 0.3) is 0 Å². The van der Waals surface area contributed by atoms with Gasteiger partial charge < -0.3 is 5.32 Å². The third-order valence-corrected chi connectivity index (χ3v) is 2.68. The molecule has 1 fully saturated rings. The molecule has 2 amide bonds. The van der Waals surface area contributed by atoms with Gasteiger partial charge in [-0.1, -0.05) is 19.8 Å². The van der Waals surface area contributed by atoms with E-state index in [1.807, 2.05) is 6.92 Å². The molecule has 2 unspecified atom stereocenters. The summed E-state index contributed by atoms with van der Waals surface area (Å²) in [5, 5.41) is 3.29.